The van der Waals surface area contributed by atoms with E-state index in [9.17, 15) is 4.79 Å². The van der Waals surface area contributed by atoms with Gasteiger partial charge in [-0.1, -0.05) is 37.6 Å². The van der Waals surface area contributed by atoms with Crippen molar-refractivity contribution in [3.8, 4) is 0 Å². The van der Waals surface area contributed by atoms with E-state index < -0.39 is 0 Å². The van der Waals surface area contributed by atoms with Crippen LogP contribution < -0.4 is 5.32 Å². The van der Waals surface area contributed by atoms with Crippen LogP contribution in [0.25, 0.3) is 0 Å². The predicted molar refractivity (Wildman–Crippen MR) is 86.3 cm³/mol. The van der Waals surface area contributed by atoms with Gasteiger partial charge in [0, 0.05) is 39.3 Å². The van der Waals surface area contributed by atoms with E-state index in [1.54, 1.807) is 0 Å². The van der Waals surface area contributed by atoms with Crippen LogP contribution >= 0.6 is 0 Å². The molecule has 0 atom stereocenters. The van der Waals surface area contributed by atoms with Gasteiger partial charge >= 0.3 is 6.03 Å². The zero-order valence-electron chi connectivity index (χ0n) is 13.3. The third-order valence-electron chi connectivity index (χ3n) is 4.12. The molecular weight excluding hydrogens is 262 g/mol. The quantitative estimate of drug-likeness (QED) is 0.846. The van der Waals surface area contributed by atoms with Gasteiger partial charge in [-0.25, -0.2) is 4.79 Å². The first-order chi connectivity index (χ1) is 10.2. The van der Waals surface area contributed by atoms with Gasteiger partial charge in [0.1, 0.15) is 0 Å². The van der Waals surface area contributed by atoms with Crippen molar-refractivity contribution in [2.24, 2.45) is 0 Å². The first kappa shape index (κ1) is 15.8. The predicted octanol–water partition coefficient (Wildman–Crippen LogP) is 2.62. The van der Waals surface area contributed by atoms with Crippen LogP contribution in [0.1, 0.15) is 30.9 Å². The third kappa shape index (κ3) is 4.74. The number of carbonyl (C=O) groups is 1. The SMILES string of the molecule is CCCCNC(=O)N1CCN(Cc2ccccc2C)CC1. The minimum absolute atomic E-state index is 0.0963. The molecule has 0 saturated carbocycles. The average molecular weight is 289 g/mol. The molecule has 0 bridgehead atoms. The molecule has 2 amide bonds. The number of hydrogen-bond acceptors (Lipinski definition) is 2. The minimum atomic E-state index is 0.0963. The van der Waals surface area contributed by atoms with Gasteiger partial charge in [-0.15, -0.1) is 0 Å². The number of hydrogen-bond donors (Lipinski definition) is 1. The summed E-state index contributed by atoms with van der Waals surface area (Å²) in [6.45, 7) is 9.62. The molecule has 1 aliphatic heterocycles. The van der Waals surface area contributed by atoms with Crippen LogP contribution in [0.5, 0.6) is 0 Å². The highest BCUT2D eigenvalue weighted by Gasteiger charge is 2.20. The van der Waals surface area contributed by atoms with E-state index >= 15 is 0 Å². The van der Waals surface area contributed by atoms with Gasteiger partial charge in [0.15, 0.2) is 0 Å². The standard InChI is InChI=1S/C17H27N3O/c1-3-4-9-18-17(21)20-12-10-19(11-13-20)14-16-8-6-5-7-15(16)2/h5-8H,3-4,9-14H2,1-2H3,(H,18,21). The maximum absolute atomic E-state index is 12.0. The molecule has 1 aliphatic rings. The smallest absolute Gasteiger partial charge is 0.317 e. The Morgan fingerprint density at radius 1 is 1.19 bits per heavy atom. The Hall–Kier alpha value is -1.55. The van der Waals surface area contributed by atoms with Crippen molar-refractivity contribution in [1.29, 1.82) is 0 Å². The highest BCUT2D eigenvalue weighted by molar-refractivity contribution is 5.74. The van der Waals surface area contributed by atoms with E-state index in [4.69, 9.17) is 0 Å². The molecule has 1 aromatic carbocycles. The Morgan fingerprint density at radius 2 is 1.90 bits per heavy atom. The first-order valence-corrected chi connectivity index (χ1v) is 8.00. The lowest BCUT2D eigenvalue weighted by atomic mass is 10.1. The lowest BCUT2D eigenvalue weighted by molar-refractivity contribution is 0.135. The highest BCUT2D eigenvalue weighted by atomic mass is 16.2. The second-order valence-corrected chi connectivity index (χ2v) is 5.78. The van der Waals surface area contributed by atoms with E-state index in [-0.39, 0.29) is 6.03 Å². The Bertz CT molecular complexity index is 453. The van der Waals surface area contributed by atoms with Crippen molar-refractivity contribution in [3.05, 3.63) is 35.4 Å². The van der Waals surface area contributed by atoms with E-state index in [0.717, 1.165) is 52.1 Å². The zero-order chi connectivity index (χ0) is 15.1. The van der Waals surface area contributed by atoms with Crippen LogP contribution in [-0.4, -0.2) is 48.6 Å². The monoisotopic (exact) mass is 289 g/mol. The number of benzene rings is 1. The van der Waals surface area contributed by atoms with Crippen LogP contribution in [0.4, 0.5) is 4.79 Å². The van der Waals surface area contributed by atoms with Crippen LogP contribution in [0, 0.1) is 6.92 Å². The van der Waals surface area contributed by atoms with Crippen molar-refractivity contribution >= 4 is 6.03 Å². The lowest BCUT2D eigenvalue weighted by Crippen LogP contribution is -2.51. The number of urea groups is 1. The van der Waals surface area contributed by atoms with Crippen molar-refractivity contribution in [2.45, 2.75) is 33.2 Å². The fourth-order valence-corrected chi connectivity index (χ4v) is 2.62. The van der Waals surface area contributed by atoms with Crippen LogP contribution in [0.3, 0.4) is 0 Å². The van der Waals surface area contributed by atoms with Gasteiger partial charge in [0.2, 0.25) is 0 Å². The van der Waals surface area contributed by atoms with Crippen molar-refractivity contribution < 1.29 is 4.79 Å². The number of rotatable bonds is 5. The summed E-state index contributed by atoms with van der Waals surface area (Å²) < 4.78 is 0. The number of nitrogens with zero attached hydrogens (tertiary/aromatic N) is 2. The van der Waals surface area contributed by atoms with E-state index in [2.05, 4.69) is 48.3 Å². The molecule has 21 heavy (non-hydrogen) atoms. The van der Waals surface area contributed by atoms with E-state index in [1.807, 2.05) is 4.90 Å². The Balaban J connectivity index is 1.75. The second-order valence-electron chi connectivity index (χ2n) is 5.78. The Morgan fingerprint density at radius 3 is 2.57 bits per heavy atom. The molecule has 0 aromatic heterocycles. The molecular formula is C17H27N3O. The van der Waals surface area contributed by atoms with E-state index in [0.29, 0.717) is 0 Å². The van der Waals surface area contributed by atoms with Crippen LogP contribution in [0.2, 0.25) is 0 Å². The average Bonchev–Trinajstić information content (AvgIpc) is 2.50. The summed E-state index contributed by atoms with van der Waals surface area (Å²) in [7, 11) is 0. The molecule has 1 saturated heterocycles. The summed E-state index contributed by atoms with van der Waals surface area (Å²) in [6.07, 6.45) is 2.17. The first-order valence-electron chi connectivity index (χ1n) is 8.00. The molecule has 116 valence electrons. The van der Waals surface area contributed by atoms with Gasteiger partial charge in [-0.2, -0.15) is 0 Å². The minimum Gasteiger partial charge on any atom is -0.338 e. The topological polar surface area (TPSA) is 35.6 Å². The summed E-state index contributed by atoms with van der Waals surface area (Å²) in [6, 6.07) is 8.63. The fraction of sp³-hybridized carbons (Fsp3) is 0.588. The Labute approximate surface area is 128 Å². The summed E-state index contributed by atoms with van der Waals surface area (Å²) in [5.74, 6) is 0. The van der Waals surface area contributed by atoms with E-state index in [1.165, 1.54) is 11.1 Å². The summed E-state index contributed by atoms with van der Waals surface area (Å²) in [4.78, 5) is 16.4. The zero-order valence-corrected chi connectivity index (χ0v) is 13.3. The molecule has 1 heterocycles. The second kappa shape index (κ2) is 8.03. The summed E-state index contributed by atoms with van der Waals surface area (Å²) in [5, 5.41) is 3.00. The molecule has 0 radical (unpaired) electrons. The van der Waals surface area contributed by atoms with Gasteiger partial charge < -0.3 is 10.2 Å². The van der Waals surface area contributed by atoms with Gasteiger partial charge in [-0.3, -0.25) is 4.90 Å². The number of carbonyl (C=O) groups excluding carboxylic acids is 1. The summed E-state index contributed by atoms with van der Waals surface area (Å²) >= 11 is 0. The number of piperazine rings is 1. The maximum Gasteiger partial charge on any atom is 0.317 e. The molecule has 4 nitrogen and oxygen atoms in total. The Kier molecular flexibility index (Phi) is 6.05. The number of nitrogens with one attached hydrogen (secondary N) is 1. The van der Waals surface area contributed by atoms with Gasteiger partial charge in [0.25, 0.3) is 0 Å². The van der Waals surface area contributed by atoms with Gasteiger partial charge in [-0.05, 0) is 24.5 Å². The lowest BCUT2D eigenvalue weighted by Gasteiger charge is -2.35. The molecule has 0 aliphatic carbocycles. The number of amides is 2. The van der Waals surface area contributed by atoms with Crippen molar-refractivity contribution in [1.82, 2.24) is 15.1 Å². The normalized spacial score (nSPS) is 16.0. The molecule has 2 rings (SSSR count). The molecule has 1 fully saturated rings. The molecule has 0 spiro atoms. The van der Waals surface area contributed by atoms with Crippen LogP contribution in [0.15, 0.2) is 24.3 Å². The maximum atomic E-state index is 12.0. The fourth-order valence-electron chi connectivity index (χ4n) is 2.62. The van der Waals surface area contributed by atoms with Crippen LogP contribution in [-0.2, 0) is 6.54 Å². The molecule has 1 N–H and O–H groups in total. The number of unbranched alkanes of at least 4 members (excludes halogenated alkanes) is 1. The van der Waals surface area contributed by atoms with Crippen molar-refractivity contribution in [3.63, 3.8) is 0 Å². The van der Waals surface area contributed by atoms with Crippen molar-refractivity contribution in [2.75, 3.05) is 32.7 Å². The number of aryl methyl sites for hydroxylation is 1. The molecule has 0 unspecified atom stereocenters. The molecule has 1 aromatic rings. The highest BCUT2D eigenvalue weighted by Crippen LogP contribution is 2.12. The summed E-state index contributed by atoms with van der Waals surface area (Å²) in [5.41, 5.74) is 2.73. The van der Waals surface area contributed by atoms with Gasteiger partial charge in [0.05, 0.1) is 0 Å². The molecule has 4 heteroatoms. The third-order valence-corrected chi connectivity index (χ3v) is 4.12. The largest absolute Gasteiger partial charge is 0.338 e.